The molecule has 0 saturated carbocycles. The van der Waals surface area contributed by atoms with Gasteiger partial charge in [-0.05, 0) is 17.7 Å². The predicted molar refractivity (Wildman–Crippen MR) is 58.2 cm³/mol. The molecule has 4 nitrogen and oxygen atoms in total. The molecule has 5 heteroatoms. The molecule has 0 aromatic heterocycles. The van der Waals surface area contributed by atoms with Gasteiger partial charge in [-0.15, -0.1) is 0 Å². The molecule has 0 bridgehead atoms. The molecule has 2 N–H and O–H groups in total. The van der Waals surface area contributed by atoms with Gasteiger partial charge in [0, 0.05) is 11.0 Å². The van der Waals surface area contributed by atoms with E-state index in [2.05, 4.69) is 21.2 Å². The van der Waals surface area contributed by atoms with Gasteiger partial charge in [-0.2, -0.15) is 0 Å². The number of aliphatic carboxylic acids is 1. The highest BCUT2D eigenvalue weighted by atomic mass is 79.9. The van der Waals surface area contributed by atoms with Crippen LogP contribution < -0.4 is 5.32 Å². The summed E-state index contributed by atoms with van der Waals surface area (Å²) in [6, 6.07) is 7.42. The van der Waals surface area contributed by atoms with E-state index in [0.29, 0.717) is 6.54 Å². The van der Waals surface area contributed by atoms with Crippen molar-refractivity contribution in [2.24, 2.45) is 0 Å². The Morgan fingerprint density at radius 1 is 1.27 bits per heavy atom. The number of halogens is 1. The first-order chi connectivity index (χ1) is 7.08. The Hall–Kier alpha value is -1.36. The molecule has 1 aromatic carbocycles. The smallest absolute Gasteiger partial charge is 0.312 e. The van der Waals surface area contributed by atoms with Gasteiger partial charge in [-0.25, -0.2) is 0 Å². The average molecular weight is 272 g/mol. The van der Waals surface area contributed by atoms with Crippen LogP contribution in [0.4, 0.5) is 0 Å². The standard InChI is InChI=1S/C10H10BrNO3/c11-8-3-1-7(2-4-8)6-12-9(13)5-10(14)15/h1-4H,5-6H2,(H,12,13)(H,14,15). The SMILES string of the molecule is O=C(O)CC(=O)NCc1ccc(Br)cc1. The van der Waals surface area contributed by atoms with E-state index < -0.39 is 18.3 Å². The van der Waals surface area contributed by atoms with Crippen LogP contribution in [0.2, 0.25) is 0 Å². The zero-order valence-electron chi connectivity index (χ0n) is 7.87. The lowest BCUT2D eigenvalue weighted by Gasteiger charge is -2.03. The Morgan fingerprint density at radius 2 is 1.87 bits per heavy atom. The van der Waals surface area contributed by atoms with Gasteiger partial charge in [-0.3, -0.25) is 9.59 Å². The van der Waals surface area contributed by atoms with Crippen molar-refractivity contribution < 1.29 is 14.7 Å². The topological polar surface area (TPSA) is 66.4 Å². The largest absolute Gasteiger partial charge is 0.481 e. The first kappa shape index (κ1) is 11.7. The molecule has 15 heavy (non-hydrogen) atoms. The highest BCUT2D eigenvalue weighted by Gasteiger charge is 2.06. The molecular formula is C10H10BrNO3. The van der Waals surface area contributed by atoms with Crippen molar-refractivity contribution >= 4 is 27.8 Å². The van der Waals surface area contributed by atoms with E-state index in [0.717, 1.165) is 10.0 Å². The number of benzene rings is 1. The number of carbonyl (C=O) groups excluding carboxylic acids is 1. The molecule has 0 aliphatic rings. The van der Waals surface area contributed by atoms with Crippen molar-refractivity contribution in [3.63, 3.8) is 0 Å². The lowest BCUT2D eigenvalue weighted by Crippen LogP contribution is -2.24. The van der Waals surface area contributed by atoms with Gasteiger partial charge in [0.1, 0.15) is 6.42 Å². The normalized spacial score (nSPS) is 9.67. The van der Waals surface area contributed by atoms with E-state index in [1.807, 2.05) is 24.3 Å². The Balaban J connectivity index is 2.40. The van der Waals surface area contributed by atoms with Crippen molar-refractivity contribution in [1.82, 2.24) is 5.32 Å². The second-order valence-corrected chi connectivity index (χ2v) is 3.89. The summed E-state index contributed by atoms with van der Waals surface area (Å²) in [5.74, 6) is -1.60. The second-order valence-electron chi connectivity index (χ2n) is 2.97. The Morgan fingerprint density at radius 3 is 2.40 bits per heavy atom. The van der Waals surface area contributed by atoms with Gasteiger partial charge in [-0.1, -0.05) is 28.1 Å². The third kappa shape index (κ3) is 4.60. The van der Waals surface area contributed by atoms with Crippen molar-refractivity contribution in [3.8, 4) is 0 Å². The molecule has 0 aliphatic carbocycles. The fraction of sp³-hybridized carbons (Fsp3) is 0.200. The average Bonchev–Trinajstić information content (AvgIpc) is 2.16. The third-order valence-corrected chi connectivity index (χ3v) is 2.24. The molecule has 0 aliphatic heterocycles. The van der Waals surface area contributed by atoms with E-state index in [-0.39, 0.29) is 0 Å². The molecule has 0 radical (unpaired) electrons. The molecule has 0 spiro atoms. The minimum Gasteiger partial charge on any atom is -0.481 e. The molecule has 1 rings (SSSR count). The van der Waals surface area contributed by atoms with Gasteiger partial charge in [0.05, 0.1) is 0 Å². The van der Waals surface area contributed by atoms with Gasteiger partial charge in [0.2, 0.25) is 5.91 Å². The van der Waals surface area contributed by atoms with Gasteiger partial charge in [0.15, 0.2) is 0 Å². The van der Waals surface area contributed by atoms with E-state index in [1.54, 1.807) is 0 Å². The van der Waals surface area contributed by atoms with Crippen LogP contribution in [-0.2, 0) is 16.1 Å². The zero-order valence-corrected chi connectivity index (χ0v) is 9.45. The number of carboxylic acids is 1. The molecule has 1 aromatic rings. The fourth-order valence-electron chi connectivity index (χ4n) is 1.00. The molecule has 0 unspecified atom stereocenters. The number of nitrogens with one attached hydrogen (secondary N) is 1. The van der Waals surface area contributed by atoms with Crippen molar-refractivity contribution in [2.75, 3.05) is 0 Å². The number of hydrogen-bond donors (Lipinski definition) is 2. The van der Waals surface area contributed by atoms with Crippen LogP contribution in [-0.4, -0.2) is 17.0 Å². The highest BCUT2D eigenvalue weighted by molar-refractivity contribution is 9.10. The van der Waals surface area contributed by atoms with Crippen LogP contribution in [0, 0.1) is 0 Å². The summed E-state index contributed by atoms with van der Waals surface area (Å²) >= 11 is 3.29. The summed E-state index contributed by atoms with van der Waals surface area (Å²) in [6.45, 7) is 0.347. The molecule has 80 valence electrons. The number of amides is 1. The Labute approximate surface area is 95.4 Å². The molecule has 1 amide bonds. The van der Waals surface area contributed by atoms with Crippen LogP contribution in [0.5, 0.6) is 0 Å². The van der Waals surface area contributed by atoms with E-state index >= 15 is 0 Å². The van der Waals surface area contributed by atoms with Crippen molar-refractivity contribution in [3.05, 3.63) is 34.3 Å². The van der Waals surface area contributed by atoms with Crippen LogP contribution in [0.3, 0.4) is 0 Å². The quantitative estimate of drug-likeness (QED) is 0.817. The van der Waals surface area contributed by atoms with E-state index in [9.17, 15) is 9.59 Å². The van der Waals surface area contributed by atoms with Gasteiger partial charge >= 0.3 is 5.97 Å². The second kappa shape index (κ2) is 5.50. The van der Waals surface area contributed by atoms with Gasteiger partial charge in [0.25, 0.3) is 0 Å². The van der Waals surface area contributed by atoms with E-state index in [4.69, 9.17) is 5.11 Å². The van der Waals surface area contributed by atoms with Crippen molar-refractivity contribution in [2.45, 2.75) is 13.0 Å². The lowest BCUT2D eigenvalue weighted by molar-refractivity contribution is -0.140. The zero-order chi connectivity index (χ0) is 11.3. The number of carbonyl (C=O) groups is 2. The van der Waals surface area contributed by atoms with Crippen molar-refractivity contribution in [1.29, 1.82) is 0 Å². The minimum absolute atomic E-state index is 0.347. The number of hydrogen-bond acceptors (Lipinski definition) is 2. The fourth-order valence-corrected chi connectivity index (χ4v) is 1.27. The molecule has 0 saturated heterocycles. The summed E-state index contributed by atoms with van der Waals surface area (Å²) in [7, 11) is 0. The first-order valence-corrected chi connectivity index (χ1v) is 5.10. The number of rotatable bonds is 4. The van der Waals surface area contributed by atoms with E-state index in [1.165, 1.54) is 0 Å². The maximum absolute atomic E-state index is 11.0. The van der Waals surface area contributed by atoms with Crippen LogP contribution in [0.25, 0.3) is 0 Å². The predicted octanol–water partition coefficient (Wildman–Crippen LogP) is 1.54. The van der Waals surface area contributed by atoms with Crippen LogP contribution in [0.1, 0.15) is 12.0 Å². The first-order valence-electron chi connectivity index (χ1n) is 4.31. The highest BCUT2D eigenvalue weighted by Crippen LogP contribution is 2.10. The maximum Gasteiger partial charge on any atom is 0.312 e. The molecule has 0 fully saturated rings. The Bertz CT molecular complexity index is 361. The monoisotopic (exact) mass is 271 g/mol. The molecule has 0 heterocycles. The van der Waals surface area contributed by atoms with Crippen LogP contribution >= 0.6 is 15.9 Å². The summed E-state index contributed by atoms with van der Waals surface area (Å²) in [5, 5.41) is 10.9. The van der Waals surface area contributed by atoms with Crippen LogP contribution in [0.15, 0.2) is 28.7 Å². The molecular weight excluding hydrogens is 262 g/mol. The van der Waals surface area contributed by atoms with Gasteiger partial charge < -0.3 is 10.4 Å². The third-order valence-electron chi connectivity index (χ3n) is 1.71. The lowest BCUT2D eigenvalue weighted by atomic mass is 10.2. The summed E-state index contributed by atoms with van der Waals surface area (Å²) < 4.78 is 0.961. The summed E-state index contributed by atoms with van der Waals surface area (Å²) in [4.78, 5) is 21.2. The Kier molecular flexibility index (Phi) is 4.30. The number of carboxylic acid groups (broad SMARTS) is 1. The summed E-state index contributed by atoms with van der Waals surface area (Å²) in [6.07, 6.45) is -0.490. The maximum atomic E-state index is 11.0. The minimum atomic E-state index is -1.12. The molecule has 0 atom stereocenters. The summed E-state index contributed by atoms with van der Waals surface area (Å²) in [5.41, 5.74) is 0.928.